The maximum absolute atomic E-state index is 12.3. The molecule has 0 unspecified atom stereocenters. The Morgan fingerprint density at radius 1 is 1.23 bits per heavy atom. The highest BCUT2D eigenvalue weighted by atomic mass is 19.4. The molecule has 5 nitrogen and oxygen atoms in total. The van der Waals surface area contributed by atoms with E-state index >= 15 is 0 Å². The van der Waals surface area contributed by atoms with Gasteiger partial charge in [0.1, 0.15) is 0 Å². The molecule has 1 aromatic carbocycles. The fourth-order valence-electron chi connectivity index (χ4n) is 2.38. The van der Waals surface area contributed by atoms with Crippen LogP contribution in [-0.2, 0) is 11.2 Å². The van der Waals surface area contributed by atoms with Crippen molar-refractivity contribution in [1.82, 2.24) is 4.90 Å². The highest BCUT2D eigenvalue weighted by Gasteiger charge is 2.29. The van der Waals surface area contributed by atoms with E-state index in [9.17, 15) is 18.0 Å². The van der Waals surface area contributed by atoms with Gasteiger partial charge in [0.25, 0.3) is 0 Å². The molecule has 1 aromatic rings. The molecule has 0 saturated heterocycles. The van der Waals surface area contributed by atoms with Gasteiger partial charge in [-0.05, 0) is 36.1 Å². The Labute approximate surface area is 152 Å². The van der Waals surface area contributed by atoms with Crippen LogP contribution in [0.15, 0.2) is 18.2 Å². The Morgan fingerprint density at radius 3 is 2.42 bits per heavy atom. The number of hydrogen-bond acceptors (Lipinski definition) is 4. The molecule has 1 rings (SSSR count). The number of carbonyl (C=O) groups is 1. The Kier molecular flexibility index (Phi) is 7.74. The largest absolute Gasteiger partial charge is 0.493 e. The molecule has 26 heavy (non-hydrogen) atoms. The summed E-state index contributed by atoms with van der Waals surface area (Å²) in [6, 6.07) is 4.64. The van der Waals surface area contributed by atoms with Gasteiger partial charge in [-0.2, -0.15) is 13.2 Å². The maximum Gasteiger partial charge on any atom is 0.422 e. The zero-order chi connectivity index (χ0) is 20.0. The van der Waals surface area contributed by atoms with Crippen molar-refractivity contribution in [3.63, 3.8) is 0 Å². The van der Waals surface area contributed by atoms with Crippen molar-refractivity contribution in [2.45, 2.75) is 32.9 Å². The monoisotopic (exact) mass is 376 g/mol. The molecule has 0 aliphatic carbocycles. The molecule has 0 radical (unpaired) electrons. The molecule has 0 atom stereocenters. The Balaban J connectivity index is 2.66. The summed E-state index contributed by atoms with van der Waals surface area (Å²) in [6.45, 7) is 3.61. The fourth-order valence-corrected chi connectivity index (χ4v) is 2.38. The van der Waals surface area contributed by atoms with Crippen LogP contribution < -0.4 is 15.2 Å². The minimum atomic E-state index is -4.42. The van der Waals surface area contributed by atoms with Gasteiger partial charge in [0.2, 0.25) is 5.91 Å². The average molecular weight is 376 g/mol. The molecule has 0 aliphatic heterocycles. The molecule has 0 fully saturated rings. The maximum atomic E-state index is 12.3. The second-order valence-electron chi connectivity index (χ2n) is 7.01. The number of benzene rings is 1. The van der Waals surface area contributed by atoms with Gasteiger partial charge in [-0.3, -0.25) is 4.79 Å². The topological polar surface area (TPSA) is 64.8 Å². The number of ether oxygens (including phenoxy) is 2. The molecular formula is C18H27F3N2O3. The highest BCUT2D eigenvalue weighted by molar-refractivity contribution is 5.76. The van der Waals surface area contributed by atoms with Crippen molar-refractivity contribution in [1.29, 1.82) is 0 Å². The lowest BCUT2D eigenvalue weighted by atomic mass is 9.93. The average Bonchev–Trinajstić information content (AvgIpc) is 2.56. The third-order valence-electron chi connectivity index (χ3n) is 3.89. The summed E-state index contributed by atoms with van der Waals surface area (Å²) in [5, 5.41) is 0. The molecule has 8 heteroatoms. The number of rotatable bonds is 9. The van der Waals surface area contributed by atoms with Crippen LogP contribution in [-0.4, -0.2) is 50.8 Å². The number of methoxy groups -OCH3 is 1. The first-order valence-corrected chi connectivity index (χ1v) is 8.28. The predicted molar refractivity (Wildman–Crippen MR) is 93.3 cm³/mol. The lowest BCUT2D eigenvalue weighted by Crippen LogP contribution is -2.39. The summed E-state index contributed by atoms with van der Waals surface area (Å²) in [4.78, 5) is 13.9. The molecule has 0 saturated carbocycles. The first kappa shape index (κ1) is 22.1. The number of carbonyl (C=O) groups excluding carboxylic acids is 1. The molecule has 0 spiro atoms. The van der Waals surface area contributed by atoms with Gasteiger partial charge in [-0.15, -0.1) is 0 Å². The van der Waals surface area contributed by atoms with Crippen molar-refractivity contribution in [3.8, 4) is 11.5 Å². The number of hydrogen-bond donors (Lipinski definition) is 1. The van der Waals surface area contributed by atoms with E-state index in [1.807, 2.05) is 13.8 Å². The summed E-state index contributed by atoms with van der Waals surface area (Å²) in [5.41, 5.74) is 6.30. The third-order valence-corrected chi connectivity index (χ3v) is 3.89. The number of nitrogens with two attached hydrogens (primary N) is 1. The summed E-state index contributed by atoms with van der Waals surface area (Å²) in [7, 11) is 3.09. The van der Waals surface area contributed by atoms with Gasteiger partial charge in [-0.25, -0.2) is 0 Å². The first-order valence-electron chi connectivity index (χ1n) is 8.28. The molecule has 148 valence electrons. The van der Waals surface area contributed by atoms with Crippen LogP contribution in [0.25, 0.3) is 0 Å². The number of aryl methyl sites for hydroxylation is 1. The number of halogens is 3. The van der Waals surface area contributed by atoms with Crippen molar-refractivity contribution in [3.05, 3.63) is 23.8 Å². The minimum Gasteiger partial charge on any atom is -0.493 e. The van der Waals surface area contributed by atoms with Crippen LogP contribution in [0, 0.1) is 5.41 Å². The number of amides is 1. The van der Waals surface area contributed by atoms with Gasteiger partial charge < -0.3 is 20.1 Å². The fraction of sp³-hybridized carbons (Fsp3) is 0.611. The number of alkyl halides is 3. The minimum absolute atomic E-state index is 0.0155. The van der Waals surface area contributed by atoms with Gasteiger partial charge in [0.05, 0.1) is 7.11 Å². The summed E-state index contributed by atoms with van der Waals surface area (Å²) >= 11 is 0. The highest BCUT2D eigenvalue weighted by Crippen LogP contribution is 2.30. The Morgan fingerprint density at radius 2 is 1.88 bits per heavy atom. The van der Waals surface area contributed by atoms with E-state index in [1.54, 1.807) is 24.1 Å². The SMILES string of the molecule is COc1cc(CCC(=O)N(C)CC(C)(C)CN)ccc1OCC(F)(F)F. The molecule has 2 N–H and O–H groups in total. The van der Waals surface area contributed by atoms with Crippen LogP contribution in [0.2, 0.25) is 0 Å². The molecule has 1 amide bonds. The Bertz CT molecular complexity index is 604. The van der Waals surface area contributed by atoms with Crippen LogP contribution in [0.3, 0.4) is 0 Å². The molecule has 0 bridgehead atoms. The quantitative estimate of drug-likeness (QED) is 0.720. The second kappa shape index (κ2) is 9.12. The van der Waals surface area contributed by atoms with Gasteiger partial charge in [0.15, 0.2) is 18.1 Å². The van der Waals surface area contributed by atoms with Crippen molar-refractivity contribution in [2.24, 2.45) is 11.1 Å². The van der Waals surface area contributed by atoms with Crippen LogP contribution in [0.1, 0.15) is 25.8 Å². The lowest BCUT2D eigenvalue weighted by Gasteiger charge is -2.29. The van der Waals surface area contributed by atoms with E-state index < -0.39 is 12.8 Å². The summed E-state index contributed by atoms with van der Waals surface area (Å²) in [5.74, 6) is 0.196. The van der Waals surface area contributed by atoms with Crippen LogP contribution >= 0.6 is 0 Å². The smallest absolute Gasteiger partial charge is 0.422 e. The van der Waals surface area contributed by atoms with E-state index in [4.69, 9.17) is 15.2 Å². The standard InChI is InChI=1S/C18H27F3N2O3/c1-17(2,10-22)11-23(3)16(24)8-6-13-5-7-14(15(9-13)25-4)26-12-18(19,20)21/h5,7,9H,6,8,10-12,22H2,1-4H3. The van der Waals surface area contributed by atoms with E-state index in [-0.39, 0.29) is 29.2 Å². The van der Waals surface area contributed by atoms with Crippen molar-refractivity contribution >= 4 is 5.91 Å². The van der Waals surface area contributed by atoms with Crippen molar-refractivity contribution in [2.75, 3.05) is 33.9 Å². The molecule has 0 heterocycles. The van der Waals surface area contributed by atoms with E-state index in [0.717, 1.165) is 5.56 Å². The summed E-state index contributed by atoms with van der Waals surface area (Å²) in [6.07, 6.45) is -3.69. The van der Waals surface area contributed by atoms with E-state index in [0.29, 0.717) is 19.5 Å². The second-order valence-corrected chi connectivity index (χ2v) is 7.01. The summed E-state index contributed by atoms with van der Waals surface area (Å²) < 4.78 is 46.6. The van der Waals surface area contributed by atoms with Crippen LogP contribution in [0.5, 0.6) is 11.5 Å². The van der Waals surface area contributed by atoms with Crippen LogP contribution in [0.4, 0.5) is 13.2 Å². The molecule has 0 aromatic heterocycles. The normalized spacial score (nSPS) is 12.0. The Hall–Kier alpha value is -1.96. The molecular weight excluding hydrogens is 349 g/mol. The third kappa shape index (κ3) is 7.51. The lowest BCUT2D eigenvalue weighted by molar-refractivity contribution is -0.153. The zero-order valence-corrected chi connectivity index (χ0v) is 15.7. The van der Waals surface area contributed by atoms with E-state index in [2.05, 4.69) is 0 Å². The van der Waals surface area contributed by atoms with Gasteiger partial charge in [0, 0.05) is 20.0 Å². The predicted octanol–water partition coefficient (Wildman–Crippen LogP) is 3.01. The van der Waals surface area contributed by atoms with Crippen molar-refractivity contribution < 1.29 is 27.4 Å². The molecule has 0 aliphatic rings. The number of nitrogens with zero attached hydrogens (tertiary/aromatic N) is 1. The van der Waals surface area contributed by atoms with Gasteiger partial charge >= 0.3 is 6.18 Å². The zero-order valence-electron chi connectivity index (χ0n) is 15.7. The first-order chi connectivity index (χ1) is 12.0. The van der Waals surface area contributed by atoms with Gasteiger partial charge in [-0.1, -0.05) is 19.9 Å². The van der Waals surface area contributed by atoms with E-state index in [1.165, 1.54) is 13.2 Å².